The van der Waals surface area contributed by atoms with Gasteiger partial charge < -0.3 is 4.74 Å². The molecule has 0 saturated carbocycles. The molecule has 1 aromatic rings. The Kier molecular flexibility index (Phi) is 4.33. The van der Waals surface area contributed by atoms with E-state index in [1.54, 1.807) is 0 Å². The van der Waals surface area contributed by atoms with Crippen LogP contribution in [-0.4, -0.2) is 30.4 Å². The minimum Gasteiger partial charge on any atom is -0.464 e. The van der Waals surface area contributed by atoms with Crippen LogP contribution < -0.4 is 4.90 Å². The van der Waals surface area contributed by atoms with Crippen molar-refractivity contribution in [1.82, 2.24) is 0 Å². The topological polar surface area (TPSA) is 46.6 Å². The van der Waals surface area contributed by atoms with E-state index >= 15 is 0 Å². The van der Waals surface area contributed by atoms with E-state index in [-0.39, 0.29) is 17.8 Å². The fraction of sp³-hybridized carbons (Fsp3) is 0.467. The number of carbonyl (C=O) groups is 2. The van der Waals surface area contributed by atoms with Gasteiger partial charge in [0, 0.05) is 6.42 Å². The van der Waals surface area contributed by atoms with Gasteiger partial charge in [-0.1, -0.05) is 12.1 Å². The first-order valence-electron chi connectivity index (χ1n) is 6.58. The van der Waals surface area contributed by atoms with Crippen LogP contribution in [0.15, 0.2) is 12.1 Å². The maximum absolute atomic E-state index is 12.2. The molecule has 0 N–H and O–H groups in total. The number of hydrogen-bond donors (Lipinski definition) is 0. The van der Waals surface area contributed by atoms with Gasteiger partial charge in [-0.25, -0.2) is 4.79 Å². The zero-order valence-corrected chi connectivity index (χ0v) is 12.7. The zero-order chi connectivity index (χ0) is 14.9. The van der Waals surface area contributed by atoms with Crippen molar-refractivity contribution in [2.75, 3.05) is 17.4 Å². The SMILES string of the molecule is Cc1ccc(C)c(N(C(=O)CCl)C2CCOC2=O)c1C. The van der Waals surface area contributed by atoms with Crippen LogP contribution in [-0.2, 0) is 14.3 Å². The van der Waals surface area contributed by atoms with Gasteiger partial charge >= 0.3 is 5.97 Å². The molecule has 1 aliphatic heterocycles. The molecule has 4 nitrogen and oxygen atoms in total. The smallest absolute Gasteiger partial charge is 0.329 e. The van der Waals surface area contributed by atoms with Crippen LogP contribution in [0.5, 0.6) is 0 Å². The second-order valence-electron chi connectivity index (χ2n) is 5.04. The van der Waals surface area contributed by atoms with Gasteiger partial charge in [0.1, 0.15) is 11.9 Å². The number of benzene rings is 1. The van der Waals surface area contributed by atoms with E-state index in [0.29, 0.717) is 13.0 Å². The molecule has 1 saturated heterocycles. The predicted octanol–water partition coefficient (Wildman–Crippen LogP) is 2.50. The number of anilines is 1. The normalized spacial score (nSPS) is 18.0. The lowest BCUT2D eigenvalue weighted by Crippen LogP contribution is -2.44. The zero-order valence-electron chi connectivity index (χ0n) is 11.9. The quantitative estimate of drug-likeness (QED) is 0.636. The molecule has 1 aromatic carbocycles. The molecule has 1 unspecified atom stereocenters. The number of carbonyl (C=O) groups excluding carboxylic acids is 2. The highest BCUT2D eigenvalue weighted by Gasteiger charge is 2.37. The first-order chi connectivity index (χ1) is 9.47. The molecule has 1 aliphatic rings. The van der Waals surface area contributed by atoms with Crippen LogP contribution in [0.1, 0.15) is 23.1 Å². The second kappa shape index (κ2) is 5.83. The molecule has 0 aliphatic carbocycles. The Labute approximate surface area is 123 Å². The molecular formula is C15H18ClNO3. The summed E-state index contributed by atoms with van der Waals surface area (Å²) in [5, 5.41) is 0. The third-order valence-corrected chi connectivity index (χ3v) is 3.98. The molecule has 1 heterocycles. The summed E-state index contributed by atoms with van der Waals surface area (Å²) >= 11 is 5.72. The molecule has 20 heavy (non-hydrogen) atoms. The Hall–Kier alpha value is -1.55. The van der Waals surface area contributed by atoms with Gasteiger partial charge in [0.2, 0.25) is 5.91 Å². The van der Waals surface area contributed by atoms with E-state index in [1.165, 1.54) is 4.90 Å². The highest BCUT2D eigenvalue weighted by molar-refractivity contribution is 6.30. The van der Waals surface area contributed by atoms with Crippen molar-refractivity contribution in [3.05, 3.63) is 28.8 Å². The third-order valence-electron chi connectivity index (χ3n) is 3.75. The molecule has 1 atom stereocenters. The maximum Gasteiger partial charge on any atom is 0.329 e. The van der Waals surface area contributed by atoms with Crippen LogP contribution >= 0.6 is 11.6 Å². The summed E-state index contributed by atoms with van der Waals surface area (Å²) < 4.78 is 5.00. The number of hydrogen-bond acceptors (Lipinski definition) is 3. The van der Waals surface area contributed by atoms with Crippen LogP contribution in [0.3, 0.4) is 0 Å². The number of esters is 1. The summed E-state index contributed by atoms with van der Waals surface area (Å²) in [7, 11) is 0. The lowest BCUT2D eigenvalue weighted by molar-refractivity contribution is -0.140. The molecule has 0 radical (unpaired) electrons. The first-order valence-corrected chi connectivity index (χ1v) is 7.12. The summed E-state index contributed by atoms with van der Waals surface area (Å²) in [6, 6.07) is 3.39. The van der Waals surface area contributed by atoms with Crippen molar-refractivity contribution in [3.63, 3.8) is 0 Å². The van der Waals surface area contributed by atoms with E-state index in [4.69, 9.17) is 16.3 Å². The standard InChI is InChI=1S/C15H18ClNO3/c1-9-4-5-10(2)14(11(9)3)17(13(18)8-16)12-6-7-20-15(12)19/h4-5,12H,6-8H2,1-3H3. The maximum atomic E-state index is 12.2. The second-order valence-corrected chi connectivity index (χ2v) is 5.31. The number of ether oxygens (including phenoxy) is 1. The Morgan fingerprint density at radius 2 is 2.00 bits per heavy atom. The van der Waals surface area contributed by atoms with Gasteiger partial charge in [0.05, 0.1) is 12.3 Å². The largest absolute Gasteiger partial charge is 0.464 e. The van der Waals surface area contributed by atoms with Gasteiger partial charge in [-0.15, -0.1) is 11.6 Å². The number of cyclic esters (lactones) is 1. The van der Waals surface area contributed by atoms with Crippen LogP contribution in [0, 0.1) is 20.8 Å². The van der Waals surface area contributed by atoms with Crippen molar-refractivity contribution in [2.45, 2.75) is 33.2 Å². The predicted molar refractivity (Wildman–Crippen MR) is 78.2 cm³/mol. The molecule has 2 rings (SSSR count). The average molecular weight is 296 g/mol. The van der Waals surface area contributed by atoms with Crippen molar-refractivity contribution >= 4 is 29.2 Å². The highest BCUT2D eigenvalue weighted by atomic mass is 35.5. The Bertz CT molecular complexity index is 556. The summed E-state index contributed by atoms with van der Waals surface area (Å²) in [6.45, 7) is 6.21. The highest BCUT2D eigenvalue weighted by Crippen LogP contribution is 2.31. The number of alkyl halides is 1. The Balaban J connectivity index is 2.55. The van der Waals surface area contributed by atoms with Crippen LogP contribution in [0.2, 0.25) is 0 Å². The molecule has 1 fully saturated rings. The van der Waals surface area contributed by atoms with Crippen LogP contribution in [0.25, 0.3) is 0 Å². The van der Waals surface area contributed by atoms with Crippen LogP contribution in [0.4, 0.5) is 5.69 Å². The molecule has 0 bridgehead atoms. The van der Waals surface area contributed by atoms with E-state index in [0.717, 1.165) is 22.4 Å². The van der Waals surface area contributed by atoms with E-state index in [1.807, 2.05) is 32.9 Å². The molecule has 0 spiro atoms. The Morgan fingerprint density at radius 3 is 2.55 bits per heavy atom. The average Bonchev–Trinajstić information content (AvgIpc) is 2.84. The lowest BCUT2D eigenvalue weighted by atomic mass is 10.0. The third kappa shape index (κ3) is 2.52. The molecule has 1 amide bonds. The summed E-state index contributed by atoms with van der Waals surface area (Å²) in [5.41, 5.74) is 3.79. The van der Waals surface area contributed by atoms with Gasteiger partial charge in [0.25, 0.3) is 0 Å². The molecular weight excluding hydrogens is 278 g/mol. The number of amides is 1. The summed E-state index contributed by atoms with van der Waals surface area (Å²) in [5.74, 6) is -0.785. The minimum absolute atomic E-state index is 0.156. The van der Waals surface area contributed by atoms with Gasteiger partial charge in [-0.2, -0.15) is 0 Å². The minimum atomic E-state index is -0.569. The van der Waals surface area contributed by atoms with E-state index in [9.17, 15) is 9.59 Å². The molecule has 5 heteroatoms. The monoisotopic (exact) mass is 295 g/mol. The molecule has 108 valence electrons. The van der Waals surface area contributed by atoms with E-state index < -0.39 is 6.04 Å². The fourth-order valence-corrected chi connectivity index (χ4v) is 2.67. The van der Waals surface area contributed by atoms with Gasteiger partial charge in [-0.05, 0) is 37.5 Å². The van der Waals surface area contributed by atoms with Crippen molar-refractivity contribution in [2.24, 2.45) is 0 Å². The van der Waals surface area contributed by atoms with E-state index in [2.05, 4.69) is 0 Å². The number of aryl methyl sites for hydroxylation is 2. The Morgan fingerprint density at radius 1 is 1.35 bits per heavy atom. The van der Waals surface area contributed by atoms with Gasteiger partial charge in [-0.3, -0.25) is 9.69 Å². The van der Waals surface area contributed by atoms with Gasteiger partial charge in [0.15, 0.2) is 0 Å². The fourth-order valence-electron chi connectivity index (χ4n) is 2.55. The lowest BCUT2D eigenvalue weighted by Gasteiger charge is -2.29. The first kappa shape index (κ1) is 14.9. The summed E-state index contributed by atoms with van der Waals surface area (Å²) in [4.78, 5) is 25.6. The number of halogens is 1. The summed E-state index contributed by atoms with van der Waals surface area (Å²) in [6.07, 6.45) is 0.508. The van der Waals surface area contributed by atoms with Crippen molar-refractivity contribution < 1.29 is 14.3 Å². The number of nitrogens with zero attached hydrogens (tertiary/aromatic N) is 1. The van der Waals surface area contributed by atoms with Crippen molar-refractivity contribution in [3.8, 4) is 0 Å². The van der Waals surface area contributed by atoms with Crippen molar-refractivity contribution in [1.29, 1.82) is 0 Å². The number of rotatable bonds is 3. The molecule has 0 aromatic heterocycles.